The van der Waals surface area contributed by atoms with Crippen molar-refractivity contribution < 1.29 is 4.79 Å². The van der Waals surface area contributed by atoms with Crippen LogP contribution in [0.3, 0.4) is 0 Å². The summed E-state index contributed by atoms with van der Waals surface area (Å²) in [5.41, 5.74) is 4.94. The number of carbonyl (C=O) groups excluding carboxylic acids is 1. The molecule has 11 heavy (non-hydrogen) atoms. The van der Waals surface area contributed by atoms with E-state index in [2.05, 4.69) is 5.32 Å². The number of hydrogen-bond donors (Lipinski definition) is 1. The van der Waals surface area contributed by atoms with Crippen molar-refractivity contribution in [3.8, 4) is 0 Å². The second kappa shape index (κ2) is 4.34. The van der Waals surface area contributed by atoms with Crippen LogP contribution in [0.4, 0.5) is 0 Å². The van der Waals surface area contributed by atoms with Crippen molar-refractivity contribution in [2.45, 2.75) is 25.7 Å². The second-order valence-corrected chi connectivity index (χ2v) is 3.18. The van der Waals surface area contributed by atoms with Gasteiger partial charge in [-0.15, -0.1) is 0 Å². The van der Waals surface area contributed by atoms with Crippen molar-refractivity contribution in [2.75, 3.05) is 13.1 Å². The second-order valence-electron chi connectivity index (χ2n) is 3.18. The lowest BCUT2D eigenvalue weighted by molar-refractivity contribution is -0.117. The summed E-state index contributed by atoms with van der Waals surface area (Å²) in [4.78, 5) is 10.3. The van der Waals surface area contributed by atoms with Gasteiger partial charge in [0, 0.05) is 6.54 Å². The van der Waals surface area contributed by atoms with Gasteiger partial charge in [0.15, 0.2) is 0 Å². The minimum Gasteiger partial charge on any atom is -0.369 e. The van der Waals surface area contributed by atoms with E-state index in [-0.39, 0.29) is 12.5 Å². The molecule has 1 fully saturated rings. The first-order chi connectivity index (χ1) is 5.29. The van der Waals surface area contributed by atoms with Gasteiger partial charge >= 0.3 is 0 Å². The van der Waals surface area contributed by atoms with Crippen molar-refractivity contribution in [2.24, 2.45) is 11.7 Å². The van der Waals surface area contributed by atoms with Crippen molar-refractivity contribution in [1.82, 2.24) is 5.32 Å². The lowest BCUT2D eigenvalue weighted by Gasteiger charge is -2.06. The molecule has 1 saturated carbocycles. The van der Waals surface area contributed by atoms with Crippen LogP contribution >= 0.6 is 0 Å². The van der Waals surface area contributed by atoms with Crippen LogP contribution < -0.4 is 11.1 Å². The highest BCUT2D eigenvalue weighted by molar-refractivity contribution is 5.75. The summed E-state index contributed by atoms with van der Waals surface area (Å²) >= 11 is 0. The lowest BCUT2D eigenvalue weighted by Crippen LogP contribution is -2.26. The highest BCUT2D eigenvalue weighted by Gasteiger charge is 2.14. The van der Waals surface area contributed by atoms with Crippen molar-refractivity contribution in [3.05, 3.63) is 0 Å². The molecule has 0 saturated heterocycles. The zero-order chi connectivity index (χ0) is 8.10. The molecule has 1 rings (SSSR count). The molecule has 0 aromatic rings. The third-order valence-electron chi connectivity index (χ3n) is 2.13. The maximum absolute atomic E-state index is 10.3. The van der Waals surface area contributed by atoms with Crippen LogP contribution in [0.15, 0.2) is 0 Å². The molecule has 0 spiro atoms. The Morgan fingerprint density at radius 3 is 2.64 bits per heavy atom. The first-order valence-corrected chi connectivity index (χ1v) is 4.20. The van der Waals surface area contributed by atoms with E-state index in [9.17, 15) is 4.79 Å². The van der Waals surface area contributed by atoms with Crippen molar-refractivity contribution in [1.29, 1.82) is 0 Å². The number of rotatable bonds is 4. The largest absolute Gasteiger partial charge is 0.369 e. The van der Waals surface area contributed by atoms with E-state index in [1.165, 1.54) is 25.7 Å². The maximum Gasteiger partial charge on any atom is 0.233 e. The summed E-state index contributed by atoms with van der Waals surface area (Å²) in [6.07, 6.45) is 5.22. The molecular formula is C8H15N2O. The Bertz CT molecular complexity index is 130. The van der Waals surface area contributed by atoms with Gasteiger partial charge in [0.1, 0.15) is 0 Å². The third kappa shape index (κ3) is 3.37. The molecule has 0 unspecified atom stereocenters. The van der Waals surface area contributed by atoms with Crippen LogP contribution in [0.2, 0.25) is 0 Å². The monoisotopic (exact) mass is 155 g/mol. The minimum absolute atomic E-state index is 0.205. The number of carbonyl (C=O) groups is 1. The van der Waals surface area contributed by atoms with Crippen molar-refractivity contribution in [3.63, 3.8) is 0 Å². The molecule has 3 nitrogen and oxygen atoms in total. The molecule has 3 heteroatoms. The number of primary amides is 1. The summed E-state index contributed by atoms with van der Waals surface area (Å²) < 4.78 is 0. The third-order valence-corrected chi connectivity index (χ3v) is 2.13. The molecule has 0 heterocycles. The number of nitrogens with zero attached hydrogens (tertiary/aromatic N) is 1. The fraction of sp³-hybridized carbons (Fsp3) is 0.875. The molecule has 0 aromatic carbocycles. The smallest absolute Gasteiger partial charge is 0.233 e. The molecule has 1 aliphatic rings. The van der Waals surface area contributed by atoms with E-state index in [1.54, 1.807) is 0 Å². The number of amides is 1. The molecule has 63 valence electrons. The molecule has 0 atom stereocenters. The molecule has 0 aliphatic heterocycles. The van der Waals surface area contributed by atoms with Crippen LogP contribution in [0.25, 0.3) is 0 Å². The van der Waals surface area contributed by atoms with Crippen LogP contribution in [0.1, 0.15) is 25.7 Å². The summed E-state index contributed by atoms with van der Waals surface area (Å²) in [6.45, 7) is 1.04. The fourth-order valence-corrected chi connectivity index (χ4v) is 1.55. The molecule has 2 N–H and O–H groups in total. The predicted octanol–water partition coefficient (Wildman–Crippen LogP) is 0.266. The normalized spacial score (nSPS) is 18.9. The quantitative estimate of drug-likeness (QED) is 0.622. The van der Waals surface area contributed by atoms with Gasteiger partial charge in [0.25, 0.3) is 0 Å². The van der Waals surface area contributed by atoms with Gasteiger partial charge in [0.2, 0.25) is 5.91 Å². The number of hydrogen-bond acceptors (Lipinski definition) is 1. The SMILES string of the molecule is NC(=O)C[N]CC1CCCC1. The molecule has 1 aliphatic carbocycles. The molecular weight excluding hydrogens is 140 g/mol. The van der Waals surface area contributed by atoms with Crippen molar-refractivity contribution >= 4 is 5.91 Å². The summed E-state index contributed by atoms with van der Waals surface area (Å²) in [5, 5.41) is 4.08. The lowest BCUT2D eigenvalue weighted by atomic mass is 10.1. The van der Waals surface area contributed by atoms with Crippen LogP contribution in [0.5, 0.6) is 0 Å². The van der Waals surface area contributed by atoms with Gasteiger partial charge in [-0.1, -0.05) is 12.8 Å². The molecule has 1 radical (unpaired) electrons. The van der Waals surface area contributed by atoms with E-state index in [4.69, 9.17) is 5.73 Å². The Balaban J connectivity index is 1.98. The average molecular weight is 155 g/mol. The summed E-state index contributed by atoms with van der Waals surface area (Å²) in [7, 11) is 0. The van der Waals surface area contributed by atoms with Crippen LogP contribution in [0, 0.1) is 5.92 Å². The zero-order valence-electron chi connectivity index (χ0n) is 6.75. The Morgan fingerprint density at radius 1 is 1.45 bits per heavy atom. The van der Waals surface area contributed by atoms with E-state index in [1.807, 2.05) is 0 Å². The van der Waals surface area contributed by atoms with E-state index in [0.717, 1.165) is 12.5 Å². The summed E-state index contributed by atoms with van der Waals surface area (Å²) in [6, 6.07) is 0. The summed E-state index contributed by atoms with van der Waals surface area (Å²) in [5.74, 6) is 0.414. The number of nitrogens with two attached hydrogens (primary N) is 1. The predicted molar refractivity (Wildman–Crippen MR) is 43.0 cm³/mol. The van der Waals surface area contributed by atoms with Gasteiger partial charge in [0.05, 0.1) is 6.54 Å². The first-order valence-electron chi connectivity index (χ1n) is 4.20. The fourth-order valence-electron chi connectivity index (χ4n) is 1.55. The first kappa shape index (κ1) is 8.53. The van der Waals surface area contributed by atoms with Crippen LogP contribution in [-0.4, -0.2) is 19.0 Å². The molecule has 1 amide bonds. The Morgan fingerprint density at radius 2 is 2.09 bits per heavy atom. The van der Waals surface area contributed by atoms with E-state index < -0.39 is 0 Å². The molecule has 0 aromatic heterocycles. The Labute approximate surface area is 67.3 Å². The van der Waals surface area contributed by atoms with Gasteiger partial charge in [-0.05, 0) is 18.8 Å². The zero-order valence-corrected chi connectivity index (χ0v) is 6.75. The van der Waals surface area contributed by atoms with Crippen LogP contribution in [-0.2, 0) is 4.79 Å². The van der Waals surface area contributed by atoms with E-state index in [0.29, 0.717) is 0 Å². The van der Waals surface area contributed by atoms with Gasteiger partial charge < -0.3 is 5.73 Å². The minimum atomic E-state index is -0.317. The standard InChI is InChI=1S/C8H15N2O/c9-8(11)6-10-5-7-3-1-2-4-7/h7H,1-6H2,(H2,9,11). The maximum atomic E-state index is 10.3. The van der Waals surface area contributed by atoms with Gasteiger partial charge in [-0.2, -0.15) is 0 Å². The van der Waals surface area contributed by atoms with Gasteiger partial charge in [-0.25, -0.2) is 5.32 Å². The Hall–Kier alpha value is -0.570. The average Bonchev–Trinajstić information content (AvgIpc) is 2.39. The highest BCUT2D eigenvalue weighted by atomic mass is 16.1. The van der Waals surface area contributed by atoms with Gasteiger partial charge in [-0.3, -0.25) is 4.79 Å². The molecule has 0 bridgehead atoms. The topological polar surface area (TPSA) is 57.2 Å². The highest BCUT2D eigenvalue weighted by Crippen LogP contribution is 2.23. The van der Waals surface area contributed by atoms with E-state index >= 15 is 0 Å². The Kier molecular flexibility index (Phi) is 3.36.